The van der Waals surface area contributed by atoms with Crippen LogP contribution in [0.4, 0.5) is 4.39 Å². The standard InChI is InChI=1S/C9H9BrFNO2/c10-7-2-1-6(3-8(7)11)4-12-5-9(13)14/h1-3,12H,4-5H2,(H,13,14). The van der Waals surface area contributed by atoms with Crippen LogP contribution >= 0.6 is 15.9 Å². The number of nitrogens with one attached hydrogen (secondary N) is 1. The number of carboxylic acids is 1. The maximum atomic E-state index is 13.0. The third kappa shape index (κ3) is 3.43. The van der Waals surface area contributed by atoms with Gasteiger partial charge in [-0.2, -0.15) is 0 Å². The summed E-state index contributed by atoms with van der Waals surface area (Å²) in [5, 5.41) is 11.0. The predicted molar refractivity (Wildman–Crippen MR) is 53.4 cm³/mol. The summed E-state index contributed by atoms with van der Waals surface area (Å²) in [6, 6.07) is 4.67. The summed E-state index contributed by atoms with van der Waals surface area (Å²) >= 11 is 3.03. The molecule has 0 saturated heterocycles. The molecule has 0 aliphatic rings. The van der Waals surface area contributed by atoms with Gasteiger partial charge < -0.3 is 10.4 Å². The van der Waals surface area contributed by atoms with Crippen molar-refractivity contribution >= 4 is 21.9 Å². The molecule has 1 aromatic rings. The zero-order valence-corrected chi connectivity index (χ0v) is 8.84. The minimum atomic E-state index is -0.928. The second-order valence-corrected chi connectivity index (χ2v) is 3.60. The van der Waals surface area contributed by atoms with Gasteiger partial charge in [-0.3, -0.25) is 4.79 Å². The van der Waals surface area contributed by atoms with Gasteiger partial charge in [-0.15, -0.1) is 0 Å². The molecule has 2 N–H and O–H groups in total. The molecule has 0 aliphatic heterocycles. The van der Waals surface area contributed by atoms with Gasteiger partial charge in [0.25, 0.3) is 0 Å². The molecule has 0 bridgehead atoms. The maximum absolute atomic E-state index is 13.0. The molecule has 14 heavy (non-hydrogen) atoms. The number of hydrogen-bond acceptors (Lipinski definition) is 2. The molecule has 0 aromatic heterocycles. The molecule has 1 aromatic carbocycles. The maximum Gasteiger partial charge on any atom is 0.317 e. The summed E-state index contributed by atoms with van der Waals surface area (Å²) in [4.78, 5) is 10.2. The van der Waals surface area contributed by atoms with Gasteiger partial charge in [0.05, 0.1) is 11.0 Å². The van der Waals surface area contributed by atoms with Crippen molar-refractivity contribution in [2.24, 2.45) is 0 Å². The van der Waals surface area contributed by atoms with Crippen molar-refractivity contribution in [3.8, 4) is 0 Å². The van der Waals surface area contributed by atoms with E-state index in [2.05, 4.69) is 21.2 Å². The van der Waals surface area contributed by atoms with Crippen LogP contribution in [0.3, 0.4) is 0 Å². The summed E-state index contributed by atoms with van der Waals surface area (Å²) in [5.74, 6) is -1.28. The lowest BCUT2D eigenvalue weighted by Gasteiger charge is -2.02. The van der Waals surface area contributed by atoms with Crippen LogP contribution in [0.1, 0.15) is 5.56 Å². The first-order chi connectivity index (χ1) is 6.59. The highest BCUT2D eigenvalue weighted by molar-refractivity contribution is 9.10. The summed E-state index contributed by atoms with van der Waals surface area (Å²) in [6.07, 6.45) is 0. The van der Waals surface area contributed by atoms with Crippen LogP contribution in [0.2, 0.25) is 0 Å². The van der Waals surface area contributed by atoms with Gasteiger partial charge in [0.2, 0.25) is 0 Å². The van der Waals surface area contributed by atoms with E-state index in [1.165, 1.54) is 6.07 Å². The van der Waals surface area contributed by atoms with Crippen molar-refractivity contribution in [2.45, 2.75) is 6.54 Å². The van der Waals surface area contributed by atoms with Crippen LogP contribution in [0, 0.1) is 5.82 Å². The first-order valence-electron chi connectivity index (χ1n) is 3.96. The van der Waals surface area contributed by atoms with Crippen LogP contribution < -0.4 is 5.32 Å². The molecular weight excluding hydrogens is 253 g/mol. The van der Waals surface area contributed by atoms with Crippen LogP contribution in [0.25, 0.3) is 0 Å². The molecule has 1 rings (SSSR count). The molecular formula is C9H9BrFNO2. The van der Waals surface area contributed by atoms with Crippen molar-refractivity contribution in [1.29, 1.82) is 0 Å². The molecule has 0 fully saturated rings. The highest BCUT2D eigenvalue weighted by atomic mass is 79.9. The highest BCUT2D eigenvalue weighted by Gasteiger charge is 2.01. The summed E-state index contributed by atoms with van der Waals surface area (Å²) in [7, 11) is 0. The molecule has 0 spiro atoms. The second kappa shape index (κ2) is 5.07. The van der Waals surface area contributed by atoms with Crippen LogP contribution in [-0.4, -0.2) is 17.6 Å². The minimum Gasteiger partial charge on any atom is -0.480 e. The molecule has 0 radical (unpaired) electrons. The minimum absolute atomic E-state index is 0.127. The molecule has 3 nitrogen and oxygen atoms in total. The van der Waals surface area contributed by atoms with Gasteiger partial charge in [-0.05, 0) is 33.6 Å². The summed E-state index contributed by atoms with van der Waals surface area (Å²) < 4.78 is 13.4. The third-order valence-corrected chi connectivity index (χ3v) is 2.23. The Labute approximate surface area is 89.1 Å². The van der Waals surface area contributed by atoms with Crippen molar-refractivity contribution < 1.29 is 14.3 Å². The largest absolute Gasteiger partial charge is 0.480 e. The molecule has 0 unspecified atom stereocenters. The first-order valence-corrected chi connectivity index (χ1v) is 4.75. The highest BCUT2D eigenvalue weighted by Crippen LogP contribution is 2.15. The molecule has 0 atom stereocenters. The SMILES string of the molecule is O=C(O)CNCc1ccc(Br)c(F)c1. The van der Waals surface area contributed by atoms with E-state index in [-0.39, 0.29) is 12.4 Å². The van der Waals surface area contributed by atoms with E-state index in [1.54, 1.807) is 12.1 Å². The Morgan fingerprint density at radius 3 is 2.86 bits per heavy atom. The second-order valence-electron chi connectivity index (χ2n) is 2.75. The van der Waals surface area contributed by atoms with E-state index in [9.17, 15) is 9.18 Å². The Kier molecular flexibility index (Phi) is 4.03. The van der Waals surface area contributed by atoms with Gasteiger partial charge in [-0.1, -0.05) is 6.07 Å². The summed E-state index contributed by atoms with van der Waals surface area (Å²) in [6.45, 7) is 0.216. The Morgan fingerprint density at radius 1 is 1.57 bits per heavy atom. The summed E-state index contributed by atoms with van der Waals surface area (Å²) in [5.41, 5.74) is 0.715. The Hall–Kier alpha value is -0.940. The Morgan fingerprint density at radius 2 is 2.29 bits per heavy atom. The molecule has 0 amide bonds. The number of halogens is 2. The lowest BCUT2D eigenvalue weighted by atomic mass is 10.2. The number of aliphatic carboxylic acids is 1. The average Bonchev–Trinajstić information content (AvgIpc) is 2.10. The Bertz CT molecular complexity index is 344. The average molecular weight is 262 g/mol. The number of carbonyl (C=O) groups is 1. The van der Waals surface area contributed by atoms with E-state index in [0.717, 1.165) is 0 Å². The van der Waals surface area contributed by atoms with Gasteiger partial charge in [0, 0.05) is 6.54 Å². The zero-order chi connectivity index (χ0) is 10.6. The number of benzene rings is 1. The van der Waals surface area contributed by atoms with E-state index in [4.69, 9.17) is 5.11 Å². The fourth-order valence-corrected chi connectivity index (χ4v) is 1.21. The van der Waals surface area contributed by atoms with Gasteiger partial charge in [0.15, 0.2) is 0 Å². The predicted octanol–water partition coefficient (Wildman–Crippen LogP) is 1.76. The molecule has 5 heteroatoms. The van der Waals surface area contributed by atoms with Gasteiger partial charge >= 0.3 is 5.97 Å². The number of rotatable bonds is 4. The monoisotopic (exact) mass is 261 g/mol. The lowest BCUT2D eigenvalue weighted by molar-refractivity contribution is -0.135. The van der Waals surface area contributed by atoms with E-state index in [1.807, 2.05) is 0 Å². The fourth-order valence-electron chi connectivity index (χ4n) is 0.963. The number of carboxylic acid groups (broad SMARTS) is 1. The van der Waals surface area contributed by atoms with Gasteiger partial charge in [0.1, 0.15) is 5.82 Å². The third-order valence-electron chi connectivity index (χ3n) is 1.59. The van der Waals surface area contributed by atoms with Crippen LogP contribution in [-0.2, 0) is 11.3 Å². The van der Waals surface area contributed by atoms with Crippen molar-refractivity contribution in [1.82, 2.24) is 5.32 Å². The van der Waals surface area contributed by atoms with E-state index >= 15 is 0 Å². The van der Waals surface area contributed by atoms with Crippen LogP contribution in [0.15, 0.2) is 22.7 Å². The van der Waals surface area contributed by atoms with Crippen LogP contribution in [0.5, 0.6) is 0 Å². The molecule has 76 valence electrons. The fraction of sp³-hybridized carbons (Fsp3) is 0.222. The molecule has 0 saturated carbocycles. The van der Waals surface area contributed by atoms with Crippen molar-refractivity contribution in [3.05, 3.63) is 34.1 Å². The van der Waals surface area contributed by atoms with Crippen molar-refractivity contribution in [3.63, 3.8) is 0 Å². The van der Waals surface area contributed by atoms with Gasteiger partial charge in [-0.25, -0.2) is 4.39 Å². The topological polar surface area (TPSA) is 49.3 Å². The number of hydrogen-bond donors (Lipinski definition) is 2. The normalized spacial score (nSPS) is 10.1. The van der Waals surface area contributed by atoms with E-state index < -0.39 is 5.97 Å². The zero-order valence-electron chi connectivity index (χ0n) is 7.26. The molecule has 0 aliphatic carbocycles. The first kappa shape index (κ1) is 11.1. The lowest BCUT2D eigenvalue weighted by Crippen LogP contribution is -2.21. The Balaban J connectivity index is 2.51. The quantitative estimate of drug-likeness (QED) is 0.869. The van der Waals surface area contributed by atoms with Crippen molar-refractivity contribution in [2.75, 3.05) is 6.54 Å². The smallest absolute Gasteiger partial charge is 0.317 e. The van der Waals surface area contributed by atoms with E-state index in [0.29, 0.717) is 16.6 Å². The molecule has 0 heterocycles.